The first-order valence-corrected chi connectivity index (χ1v) is 9.76. The van der Waals surface area contributed by atoms with E-state index in [2.05, 4.69) is 10.3 Å². The Morgan fingerprint density at radius 3 is 2.35 bits per heavy atom. The van der Waals surface area contributed by atoms with Crippen molar-refractivity contribution in [1.82, 2.24) is 4.98 Å². The van der Waals surface area contributed by atoms with Crippen LogP contribution >= 0.6 is 0 Å². The number of rotatable bonds is 5. The smallest absolute Gasteiger partial charge is 0.412 e. The van der Waals surface area contributed by atoms with E-state index in [-0.39, 0.29) is 11.4 Å². The van der Waals surface area contributed by atoms with Gasteiger partial charge in [-0.05, 0) is 64.1 Å². The van der Waals surface area contributed by atoms with E-state index in [1.165, 1.54) is 0 Å². The minimum atomic E-state index is -0.637. The zero-order valence-electron chi connectivity index (χ0n) is 17.9. The van der Waals surface area contributed by atoms with Crippen LogP contribution in [0.5, 0.6) is 11.6 Å². The lowest BCUT2D eigenvalue weighted by Crippen LogP contribution is -2.27. The normalized spacial score (nSPS) is 11.0. The Labute approximate surface area is 181 Å². The van der Waals surface area contributed by atoms with Crippen molar-refractivity contribution in [2.45, 2.75) is 33.3 Å². The van der Waals surface area contributed by atoms with Gasteiger partial charge in [-0.15, -0.1) is 0 Å². The molecule has 7 heteroatoms. The van der Waals surface area contributed by atoms with E-state index in [4.69, 9.17) is 15.2 Å². The molecule has 0 aliphatic heterocycles. The number of anilines is 1. The highest BCUT2D eigenvalue weighted by Crippen LogP contribution is 2.28. The van der Waals surface area contributed by atoms with Crippen molar-refractivity contribution in [3.63, 3.8) is 0 Å². The molecule has 0 radical (unpaired) electrons. The van der Waals surface area contributed by atoms with E-state index >= 15 is 0 Å². The number of ether oxygens (including phenoxy) is 2. The van der Waals surface area contributed by atoms with E-state index in [9.17, 15) is 9.59 Å². The molecule has 0 atom stereocenters. The van der Waals surface area contributed by atoms with Gasteiger partial charge in [0.2, 0.25) is 5.88 Å². The fraction of sp³-hybridized carbons (Fsp3) is 0.208. The van der Waals surface area contributed by atoms with Crippen LogP contribution in [0.1, 0.15) is 36.7 Å². The molecule has 1 heterocycles. The van der Waals surface area contributed by atoms with Crippen molar-refractivity contribution in [2.75, 3.05) is 5.32 Å². The Bertz CT molecular complexity index is 1100. The summed E-state index contributed by atoms with van der Waals surface area (Å²) < 4.78 is 11.1. The molecule has 0 aliphatic carbocycles. The van der Waals surface area contributed by atoms with Crippen molar-refractivity contribution in [3.8, 4) is 22.9 Å². The van der Waals surface area contributed by atoms with Crippen LogP contribution in [0.25, 0.3) is 11.3 Å². The summed E-state index contributed by atoms with van der Waals surface area (Å²) in [5, 5.41) is 2.70. The SMILES string of the molecule is Cc1ccc(Oc2nc(-c3cccc(NC(=O)OC(C)(C)C)c3)ccc2C(N)=O)cc1. The number of amides is 2. The van der Waals surface area contributed by atoms with Gasteiger partial charge in [-0.3, -0.25) is 10.1 Å². The van der Waals surface area contributed by atoms with E-state index in [1.54, 1.807) is 63.2 Å². The minimum absolute atomic E-state index is 0.111. The Kier molecular flexibility index (Phi) is 6.25. The van der Waals surface area contributed by atoms with Gasteiger partial charge in [0.05, 0.1) is 5.69 Å². The Morgan fingerprint density at radius 2 is 1.71 bits per heavy atom. The lowest BCUT2D eigenvalue weighted by atomic mass is 10.1. The second-order valence-electron chi connectivity index (χ2n) is 8.04. The van der Waals surface area contributed by atoms with Crippen LogP contribution in [0.15, 0.2) is 60.7 Å². The van der Waals surface area contributed by atoms with Crippen molar-refractivity contribution in [3.05, 3.63) is 71.8 Å². The summed E-state index contributed by atoms with van der Waals surface area (Å²) in [5.74, 6) is 0.0129. The quantitative estimate of drug-likeness (QED) is 0.584. The van der Waals surface area contributed by atoms with E-state index < -0.39 is 17.6 Å². The first-order valence-electron chi connectivity index (χ1n) is 9.76. The summed E-state index contributed by atoms with van der Waals surface area (Å²) >= 11 is 0. The van der Waals surface area contributed by atoms with Gasteiger partial charge in [-0.1, -0.05) is 29.8 Å². The van der Waals surface area contributed by atoms with Crippen LogP contribution in [0.2, 0.25) is 0 Å². The number of nitrogens with one attached hydrogen (secondary N) is 1. The molecule has 31 heavy (non-hydrogen) atoms. The average Bonchev–Trinajstić information content (AvgIpc) is 2.68. The fourth-order valence-corrected chi connectivity index (χ4v) is 2.76. The number of carbonyl (C=O) groups is 2. The highest BCUT2D eigenvalue weighted by molar-refractivity contribution is 5.95. The number of nitrogens with two attached hydrogens (primary N) is 1. The van der Waals surface area contributed by atoms with E-state index in [1.807, 2.05) is 25.1 Å². The number of benzene rings is 2. The van der Waals surface area contributed by atoms with Crippen LogP contribution in [0, 0.1) is 6.92 Å². The van der Waals surface area contributed by atoms with Gasteiger partial charge in [-0.25, -0.2) is 9.78 Å². The summed E-state index contributed by atoms with van der Waals surface area (Å²) in [4.78, 5) is 28.4. The standard InChI is InChI=1S/C24H25N3O4/c1-15-8-10-18(11-9-15)30-22-19(21(25)28)12-13-20(27-22)16-6-5-7-17(14-16)26-23(29)31-24(2,3)4/h5-14H,1-4H3,(H2,25,28)(H,26,29). The molecule has 0 saturated carbocycles. The molecule has 0 bridgehead atoms. The van der Waals surface area contributed by atoms with Crippen LogP contribution in [-0.2, 0) is 4.74 Å². The second-order valence-corrected chi connectivity index (χ2v) is 8.04. The highest BCUT2D eigenvalue weighted by atomic mass is 16.6. The first-order chi connectivity index (χ1) is 14.6. The second kappa shape index (κ2) is 8.87. The number of carbonyl (C=O) groups excluding carboxylic acids is 2. The number of pyridine rings is 1. The third-order valence-corrected chi connectivity index (χ3v) is 4.16. The molecular formula is C24H25N3O4. The topological polar surface area (TPSA) is 104 Å². The molecule has 3 aromatic rings. The Morgan fingerprint density at radius 1 is 1.00 bits per heavy atom. The average molecular weight is 419 g/mol. The summed E-state index contributed by atoms with van der Waals surface area (Å²) in [6, 6.07) is 17.7. The molecule has 1 aromatic heterocycles. The number of nitrogens with zero attached hydrogens (tertiary/aromatic N) is 1. The summed E-state index contributed by atoms with van der Waals surface area (Å²) in [6.07, 6.45) is -0.551. The Hall–Kier alpha value is -3.87. The van der Waals surface area contributed by atoms with Crippen molar-refractivity contribution in [1.29, 1.82) is 0 Å². The maximum Gasteiger partial charge on any atom is 0.412 e. The predicted molar refractivity (Wildman–Crippen MR) is 119 cm³/mol. The third kappa shape index (κ3) is 6.05. The number of aryl methyl sites for hydroxylation is 1. The predicted octanol–water partition coefficient (Wildman–Crippen LogP) is 5.30. The van der Waals surface area contributed by atoms with Crippen molar-refractivity contribution < 1.29 is 19.1 Å². The largest absolute Gasteiger partial charge is 0.444 e. The molecule has 7 nitrogen and oxygen atoms in total. The summed E-state index contributed by atoms with van der Waals surface area (Å²) in [6.45, 7) is 7.35. The van der Waals surface area contributed by atoms with Gasteiger partial charge in [0.1, 0.15) is 16.9 Å². The molecule has 3 rings (SSSR count). The lowest BCUT2D eigenvalue weighted by molar-refractivity contribution is 0.0635. The van der Waals surface area contributed by atoms with E-state index in [0.29, 0.717) is 17.1 Å². The number of hydrogen-bond acceptors (Lipinski definition) is 5. The van der Waals surface area contributed by atoms with Gasteiger partial charge in [-0.2, -0.15) is 0 Å². The molecule has 3 N–H and O–H groups in total. The number of primary amides is 1. The zero-order chi connectivity index (χ0) is 22.6. The molecule has 0 aliphatic rings. The van der Waals surface area contributed by atoms with Gasteiger partial charge >= 0.3 is 6.09 Å². The molecule has 160 valence electrons. The van der Waals surface area contributed by atoms with Gasteiger partial charge in [0.25, 0.3) is 5.91 Å². The molecular weight excluding hydrogens is 394 g/mol. The first kappa shape index (κ1) is 21.8. The molecule has 2 aromatic carbocycles. The van der Waals surface area contributed by atoms with E-state index in [0.717, 1.165) is 11.1 Å². The van der Waals surface area contributed by atoms with Crippen LogP contribution in [0.4, 0.5) is 10.5 Å². The van der Waals surface area contributed by atoms with Crippen LogP contribution in [0.3, 0.4) is 0 Å². The summed E-state index contributed by atoms with van der Waals surface area (Å²) in [7, 11) is 0. The monoisotopic (exact) mass is 419 g/mol. The van der Waals surface area contributed by atoms with Gasteiger partial charge in [0.15, 0.2) is 0 Å². The maximum absolute atomic E-state index is 12.1. The minimum Gasteiger partial charge on any atom is -0.444 e. The lowest BCUT2D eigenvalue weighted by Gasteiger charge is -2.19. The molecule has 0 fully saturated rings. The highest BCUT2D eigenvalue weighted by Gasteiger charge is 2.17. The maximum atomic E-state index is 12.1. The third-order valence-electron chi connectivity index (χ3n) is 4.16. The fourth-order valence-electron chi connectivity index (χ4n) is 2.76. The van der Waals surface area contributed by atoms with Gasteiger partial charge < -0.3 is 15.2 Å². The zero-order valence-corrected chi connectivity index (χ0v) is 17.9. The van der Waals surface area contributed by atoms with Crippen LogP contribution in [-0.4, -0.2) is 22.6 Å². The number of aromatic nitrogens is 1. The molecule has 2 amide bonds. The number of hydrogen-bond donors (Lipinski definition) is 2. The Balaban J connectivity index is 1.89. The molecule has 0 unspecified atom stereocenters. The van der Waals surface area contributed by atoms with Gasteiger partial charge in [0, 0.05) is 11.3 Å². The van der Waals surface area contributed by atoms with Crippen molar-refractivity contribution >= 4 is 17.7 Å². The van der Waals surface area contributed by atoms with Crippen molar-refractivity contribution in [2.24, 2.45) is 5.73 Å². The molecule has 0 saturated heterocycles. The molecule has 0 spiro atoms. The van der Waals surface area contributed by atoms with Crippen LogP contribution < -0.4 is 15.8 Å². The summed E-state index contributed by atoms with van der Waals surface area (Å²) in [5.41, 5.74) is 7.97.